The molecule has 1 fully saturated rings. The molecule has 1 aliphatic rings. The zero-order chi connectivity index (χ0) is 14.6. The van der Waals surface area contributed by atoms with Crippen LogP contribution in [0.1, 0.15) is 31.4 Å². The molecule has 0 spiro atoms. The van der Waals surface area contributed by atoms with E-state index in [-0.39, 0.29) is 18.9 Å². The van der Waals surface area contributed by atoms with E-state index >= 15 is 0 Å². The van der Waals surface area contributed by atoms with E-state index in [0.29, 0.717) is 18.8 Å². The SMILES string of the molecule is COc1cccc(CNC2CCCC(C(F)(F)F)C2)n1. The first kappa shape index (κ1) is 15.1. The van der Waals surface area contributed by atoms with Gasteiger partial charge in [0.1, 0.15) is 0 Å². The minimum absolute atomic E-state index is 0.0941. The highest BCUT2D eigenvalue weighted by Gasteiger charge is 2.41. The van der Waals surface area contributed by atoms with E-state index in [1.54, 1.807) is 6.07 Å². The molecule has 0 amide bonds. The predicted molar refractivity (Wildman–Crippen MR) is 69.4 cm³/mol. The van der Waals surface area contributed by atoms with Crippen LogP contribution in [0.3, 0.4) is 0 Å². The molecule has 1 aliphatic carbocycles. The van der Waals surface area contributed by atoms with Crippen molar-refractivity contribution in [3.8, 4) is 5.88 Å². The smallest absolute Gasteiger partial charge is 0.391 e. The number of rotatable bonds is 4. The molecule has 0 radical (unpaired) electrons. The number of ether oxygens (including phenoxy) is 1. The summed E-state index contributed by atoms with van der Waals surface area (Å²) in [7, 11) is 1.54. The Morgan fingerprint density at radius 1 is 1.35 bits per heavy atom. The Morgan fingerprint density at radius 3 is 2.85 bits per heavy atom. The fraction of sp³-hybridized carbons (Fsp3) is 0.643. The van der Waals surface area contributed by atoms with Crippen molar-refractivity contribution in [2.45, 2.75) is 44.4 Å². The van der Waals surface area contributed by atoms with Gasteiger partial charge in [0.25, 0.3) is 0 Å². The number of nitrogens with one attached hydrogen (secondary N) is 1. The van der Waals surface area contributed by atoms with Crippen LogP contribution in [0.5, 0.6) is 5.88 Å². The summed E-state index contributed by atoms with van der Waals surface area (Å²) >= 11 is 0. The minimum atomic E-state index is -4.07. The zero-order valence-electron chi connectivity index (χ0n) is 11.4. The Kier molecular flexibility index (Phi) is 4.86. The number of pyridine rings is 1. The van der Waals surface area contributed by atoms with E-state index in [1.807, 2.05) is 12.1 Å². The quantitative estimate of drug-likeness (QED) is 0.923. The summed E-state index contributed by atoms with van der Waals surface area (Å²) in [5.74, 6) is -0.659. The first-order chi connectivity index (χ1) is 9.49. The lowest BCUT2D eigenvalue weighted by Crippen LogP contribution is -2.38. The molecular formula is C14H19F3N2O. The van der Waals surface area contributed by atoms with Gasteiger partial charge >= 0.3 is 6.18 Å². The number of halogens is 3. The van der Waals surface area contributed by atoms with Gasteiger partial charge in [-0.1, -0.05) is 12.5 Å². The maximum absolute atomic E-state index is 12.7. The van der Waals surface area contributed by atoms with E-state index in [4.69, 9.17) is 4.74 Å². The average molecular weight is 288 g/mol. The van der Waals surface area contributed by atoms with Crippen LogP contribution in [0.4, 0.5) is 13.2 Å². The van der Waals surface area contributed by atoms with Gasteiger partial charge < -0.3 is 10.1 Å². The normalized spacial score (nSPS) is 23.6. The Morgan fingerprint density at radius 2 is 2.15 bits per heavy atom. The maximum Gasteiger partial charge on any atom is 0.391 e. The van der Waals surface area contributed by atoms with Crippen molar-refractivity contribution < 1.29 is 17.9 Å². The fourth-order valence-electron chi connectivity index (χ4n) is 2.59. The van der Waals surface area contributed by atoms with Crippen LogP contribution in [0.2, 0.25) is 0 Å². The van der Waals surface area contributed by atoms with Gasteiger partial charge in [-0.25, -0.2) is 4.98 Å². The topological polar surface area (TPSA) is 34.1 Å². The van der Waals surface area contributed by atoms with Gasteiger partial charge in [-0.3, -0.25) is 0 Å². The molecule has 1 heterocycles. The number of aromatic nitrogens is 1. The molecule has 1 aromatic heterocycles. The van der Waals surface area contributed by atoms with E-state index in [2.05, 4.69) is 10.3 Å². The number of hydrogen-bond acceptors (Lipinski definition) is 3. The summed E-state index contributed by atoms with van der Waals surface area (Å²) < 4.78 is 43.2. The second kappa shape index (κ2) is 6.43. The van der Waals surface area contributed by atoms with Crippen molar-refractivity contribution in [1.82, 2.24) is 10.3 Å². The van der Waals surface area contributed by atoms with Gasteiger partial charge in [-0.2, -0.15) is 13.2 Å². The van der Waals surface area contributed by atoms with Gasteiger partial charge in [-0.05, 0) is 25.3 Å². The van der Waals surface area contributed by atoms with Crippen molar-refractivity contribution in [3.63, 3.8) is 0 Å². The number of hydrogen-bond donors (Lipinski definition) is 1. The molecule has 0 saturated heterocycles. The van der Waals surface area contributed by atoms with Crippen LogP contribution >= 0.6 is 0 Å². The molecule has 1 saturated carbocycles. The predicted octanol–water partition coefficient (Wildman–Crippen LogP) is 3.30. The molecule has 1 N–H and O–H groups in total. The zero-order valence-corrected chi connectivity index (χ0v) is 11.4. The lowest BCUT2D eigenvalue weighted by molar-refractivity contribution is -0.183. The number of nitrogens with zero attached hydrogens (tertiary/aromatic N) is 1. The van der Waals surface area contributed by atoms with Crippen molar-refractivity contribution in [3.05, 3.63) is 23.9 Å². The summed E-state index contributed by atoms with van der Waals surface area (Å²) in [6, 6.07) is 5.30. The van der Waals surface area contributed by atoms with Crippen molar-refractivity contribution >= 4 is 0 Å². The van der Waals surface area contributed by atoms with Crippen LogP contribution in [-0.2, 0) is 6.54 Å². The largest absolute Gasteiger partial charge is 0.481 e. The fourth-order valence-corrected chi connectivity index (χ4v) is 2.59. The van der Waals surface area contributed by atoms with Crippen LogP contribution in [0.25, 0.3) is 0 Å². The van der Waals surface area contributed by atoms with Crippen LogP contribution in [0.15, 0.2) is 18.2 Å². The molecule has 2 atom stereocenters. The number of methoxy groups -OCH3 is 1. The monoisotopic (exact) mass is 288 g/mol. The van der Waals surface area contributed by atoms with E-state index < -0.39 is 12.1 Å². The Labute approximate surface area is 116 Å². The molecule has 6 heteroatoms. The van der Waals surface area contributed by atoms with Crippen LogP contribution in [-0.4, -0.2) is 24.3 Å². The third-order valence-corrected chi connectivity index (χ3v) is 3.70. The first-order valence-electron chi connectivity index (χ1n) is 6.79. The molecule has 2 rings (SSSR count). The highest BCUT2D eigenvalue weighted by molar-refractivity contribution is 5.15. The Hall–Kier alpha value is -1.30. The molecule has 20 heavy (non-hydrogen) atoms. The minimum Gasteiger partial charge on any atom is -0.481 e. The van der Waals surface area contributed by atoms with Gasteiger partial charge in [0.15, 0.2) is 0 Å². The lowest BCUT2D eigenvalue weighted by Gasteiger charge is -2.31. The standard InChI is InChI=1S/C14H19F3N2O/c1-20-13-7-3-6-12(19-13)9-18-11-5-2-4-10(8-11)14(15,16)17/h3,6-7,10-11,18H,2,4-5,8-9H2,1H3. The van der Waals surface area contributed by atoms with Crippen molar-refractivity contribution in [2.75, 3.05) is 7.11 Å². The van der Waals surface area contributed by atoms with Gasteiger partial charge in [0, 0.05) is 18.7 Å². The van der Waals surface area contributed by atoms with Gasteiger partial charge in [0.05, 0.1) is 18.7 Å². The molecule has 112 valence electrons. The molecule has 0 bridgehead atoms. The maximum atomic E-state index is 12.7. The molecule has 0 aliphatic heterocycles. The highest BCUT2D eigenvalue weighted by Crippen LogP contribution is 2.37. The molecule has 3 nitrogen and oxygen atoms in total. The third-order valence-electron chi connectivity index (χ3n) is 3.70. The molecule has 0 aromatic carbocycles. The third kappa shape index (κ3) is 4.10. The Bertz CT molecular complexity index is 437. The van der Waals surface area contributed by atoms with E-state index in [1.165, 1.54) is 7.11 Å². The number of alkyl halides is 3. The van der Waals surface area contributed by atoms with E-state index in [0.717, 1.165) is 12.1 Å². The second-order valence-electron chi connectivity index (χ2n) is 5.15. The van der Waals surface area contributed by atoms with Gasteiger partial charge in [0.2, 0.25) is 5.88 Å². The van der Waals surface area contributed by atoms with Gasteiger partial charge in [-0.15, -0.1) is 0 Å². The molecular weight excluding hydrogens is 269 g/mol. The van der Waals surface area contributed by atoms with E-state index in [9.17, 15) is 13.2 Å². The first-order valence-corrected chi connectivity index (χ1v) is 6.79. The highest BCUT2D eigenvalue weighted by atomic mass is 19.4. The van der Waals surface area contributed by atoms with Crippen molar-refractivity contribution in [2.24, 2.45) is 5.92 Å². The van der Waals surface area contributed by atoms with Crippen LogP contribution in [0, 0.1) is 5.92 Å². The summed E-state index contributed by atoms with van der Waals surface area (Å²) in [5, 5.41) is 3.17. The Balaban J connectivity index is 1.87. The summed E-state index contributed by atoms with van der Waals surface area (Å²) in [6.07, 6.45) is -2.26. The lowest BCUT2D eigenvalue weighted by atomic mass is 9.85. The molecule has 1 aromatic rings. The average Bonchev–Trinajstić information content (AvgIpc) is 2.45. The summed E-state index contributed by atoms with van der Waals surface area (Å²) in [6.45, 7) is 0.465. The van der Waals surface area contributed by atoms with Crippen molar-refractivity contribution in [1.29, 1.82) is 0 Å². The molecule has 2 unspecified atom stereocenters. The second-order valence-corrected chi connectivity index (χ2v) is 5.15. The summed E-state index contributed by atoms with van der Waals surface area (Å²) in [4.78, 5) is 4.24. The summed E-state index contributed by atoms with van der Waals surface area (Å²) in [5.41, 5.74) is 0.776. The van der Waals surface area contributed by atoms with Crippen LogP contribution < -0.4 is 10.1 Å².